The van der Waals surface area contributed by atoms with Crippen LogP contribution in [0.25, 0.3) is 0 Å². The molecule has 1 aromatic rings. The average molecular weight is 370 g/mol. The van der Waals surface area contributed by atoms with Gasteiger partial charge in [0.1, 0.15) is 0 Å². The third kappa shape index (κ3) is 4.35. The van der Waals surface area contributed by atoms with Gasteiger partial charge in [-0.1, -0.05) is 22.5 Å². The van der Waals surface area contributed by atoms with E-state index in [1.165, 1.54) is 11.8 Å². The minimum Gasteiger partial charge on any atom is -0.481 e. The molecule has 1 aliphatic rings. The highest BCUT2D eigenvalue weighted by atomic mass is 79.9. The fourth-order valence-electron chi connectivity index (χ4n) is 2.23. The van der Waals surface area contributed by atoms with Crippen molar-refractivity contribution in [3.05, 3.63) is 34.8 Å². The third-order valence-corrected chi connectivity index (χ3v) is 4.41. The molecule has 0 atom stereocenters. The molecular weight excluding hydrogens is 354 g/mol. The first-order chi connectivity index (χ1) is 9.97. The first kappa shape index (κ1) is 16.1. The number of nitrogens with zero attached hydrogens (tertiary/aromatic N) is 1. The van der Waals surface area contributed by atoms with Crippen LogP contribution < -0.4 is 4.90 Å². The first-order valence-electron chi connectivity index (χ1n) is 6.58. The Morgan fingerprint density at radius 2 is 2.19 bits per heavy atom. The number of hydrogen-bond acceptors (Lipinski definition) is 3. The Balaban J connectivity index is 2.14. The lowest BCUT2D eigenvalue weighted by molar-refractivity contribution is -0.136. The zero-order valence-corrected chi connectivity index (χ0v) is 13.9. The molecule has 0 fully saturated rings. The van der Waals surface area contributed by atoms with Crippen molar-refractivity contribution in [2.75, 3.05) is 17.2 Å². The summed E-state index contributed by atoms with van der Waals surface area (Å²) < 4.78 is 0.767. The van der Waals surface area contributed by atoms with Gasteiger partial charge in [-0.2, -0.15) is 0 Å². The second-order valence-electron chi connectivity index (χ2n) is 4.78. The number of amides is 1. The fraction of sp³-hybridized carbons (Fsp3) is 0.333. The minimum absolute atomic E-state index is 0.106. The van der Waals surface area contributed by atoms with Gasteiger partial charge in [-0.3, -0.25) is 9.59 Å². The second-order valence-corrected chi connectivity index (χ2v) is 7.07. The van der Waals surface area contributed by atoms with Crippen molar-refractivity contribution in [2.24, 2.45) is 0 Å². The lowest BCUT2D eigenvalue weighted by Gasteiger charge is -2.29. The van der Waals surface area contributed by atoms with E-state index in [-0.39, 0.29) is 12.3 Å². The number of carboxylic acid groups (broad SMARTS) is 1. The second kappa shape index (κ2) is 7.13. The van der Waals surface area contributed by atoms with Crippen molar-refractivity contribution in [2.45, 2.75) is 24.2 Å². The Morgan fingerprint density at radius 1 is 1.43 bits per heavy atom. The maximum absolute atomic E-state index is 12.0. The Kier molecular flexibility index (Phi) is 5.47. The average Bonchev–Trinajstić information content (AvgIpc) is 2.41. The van der Waals surface area contributed by atoms with Crippen molar-refractivity contribution in [1.29, 1.82) is 0 Å². The molecule has 0 bridgehead atoms. The van der Waals surface area contributed by atoms with Gasteiger partial charge in [0.25, 0.3) is 0 Å². The summed E-state index contributed by atoms with van der Waals surface area (Å²) in [6.45, 7) is 4.26. The van der Waals surface area contributed by atoms with Gasteiger partial charge in [0.15, 0.2) is 0 Å². The van der Waals surface area contributed by atoms with E-state index in [4.69, 9.17) is 5.11 Å². The van der Waals surface area contributed by atoms with Gasteiger partial charge in [0, 0.05) is 27.2 Å². The van der Waals surface area contributed by atoms with E-state index >= 15 is 0 Å². The van der Waals surface area contributed by atoms with Gasteiger partial charge in [-0.25, -0.2) is 0 Å². The third-order valence-electron chi connectivity index (χ3n) is 3.17. The highest BCUT2D eigenvalue weighted by Crippen LogP contribution is 2.32. The fourth-order valence-corrected chi connectivity index (χ4v) is 3.38. The predicted molar refractivity (Wildman–Crippen MR) is 88.2 cm³/mol. The molecule has 0 unspecified atom stereocenters. The predicted octanol–water partition coefficient (Wildman–Crippen LogP) is 3.44. The number of hydrogen-bond donors (Lipinski definition) is 1. The number of halogens is 1. The van der Waals surface area contributed by atoms with Gasteiger partial charge in [-0.15, -0.1) is 11.8 Å². The molecule has 0 aromatic heterocycles. The topological polar surface area (TPSA) is 57.6 Å². The van der Waals surface area contributed by atoms with Crippen LogP contribution in [0.15, 0.2) is 34.2 Å². The van der Waals surface area contributed by atoms with Crippen LogP contribution in [0.3, 0.4) is 0 Å². The zero-order chi connectivity index (χ0) is 15.4. The van der Waals surface area contributed by atoms with E-state index in [9.17, 15) is 9.59 Å². The number of benzene rings is 1. The van der Waals surface area contributed by atoms with E-state index in [1.54, 1.807) is 4.90 Å². The van der Waals surface area contributed by atoms with Crippen LogP contribution in [0.1, 0.15) is 18.4 Å². The number of anilines is 1. The molecule has 6 heteroatoms. The number of aryl methyl sites for hydroxylation is 1. The molecule has 1 N–H and O–H groups in total. The van der Waals surface area contributed by atoms with Crippen LogP contribution >= 0.6 is 27.7 Å². The number of fused-ring (bicyclic) bond motifs is 1. The Hall–Kier alpha value is -1.27. The summed E-state index contributed by atoms with van der Waals surface area (Å²) in [6.07, 6.45) is 1.37. The van der Waals surface area contributed by atoms with Crippen LogP contribution in [0, 0.1) is 0 Å². The lowest BCUT2D eigenvalue weighted by atomic mass is 10.0. The van der Waals surface area contributed by atoms with E-state index < -0.39 is 5.97 Å². The Morgan fingerprint density at radius 3 is 2.86 bits per heavy atom. The van der Waals surface area contributed by atoms with Crippen molar-refractivity contribution >= 4 is 45.3 Å². The number of thioether (sulfide) groups is 1. The maximum atomic E-state index is 12.0. The van der Waals surface area contributed by atoms with Gasteiger partial charge >= 0.3 is 5.97 Å². The molecule has 0 radical (unpaired) electrons. The van der Waals surface area contributed by atoms with Crippen LogP contribution in [0.5, 0.6) is 0 Å². The SMILES string of the molecule is C=C(Br)CN1C(=O)CCc2cc(SCCC(=O)O)ccc21. The molecule has 112 valence electrons. The Bertz CT molecular complexity index is 588. The van der Waals surface area contributed by atoms with Gasteiger partial charge in [-0.05, 0) is 30.2 Å². The number of carboxylic acids is 1. The van der Waals surface area contributed by atoms with E-state index in [0.717, 1.165) is 27.0 Å². The monoisotopic (exact) mass is 369 g/mol. The van der Waals surface area contributed by atoms with Gasteiger partial charge in [0.05, 0.1) is 13.0 Å². The molecule has 2 rings (SSSR count). The van der Waals surface area contributed by atoms with Gasteiger partial charge in [0.2, 0.25) is 5.91 Å². The van der Waals surface area contributed by atoms with Crippen LogP contribution in [-0.4, -0.2) is 29.3 Å². The number of aliphatic carboxylic acids is 1. The smallest absolute Gasteiger partial charge is 0.304 e. The molecule has 0 aliphatic carbocycles. The molecule has 1 aliphatic heterocycles. The largest absolute Gasteiger partial charge is 0.481 e. The molecule has 0 saturated heterocycles. The normalized spacial score (nSPS) is 14.0. The summed E-state index contributed by atoms with van der Waals surface area (Å²) in [5.74, 6) is -0.128. The zero-order valence-electron chi connectivity index (χ0n) is 11.5. The summed E-state index contributed by atoms with van der Waals surface area (Å²) in [6, 6.07) is 5.93. The van der Waals surface area contributed by atoms with Crippen molar-refractivity contribution in [3.63, 3.8) is 0 Å². The number of rotatable bonds is 6. The summed E-state index contributed by atoms with van der Waals surface area (Å²) in [4.78, 5) is 25.3. The minimum atomic E-state index is -0.784. The number of carbonyl (C=O) groups excluding carboxylic acids is 1. The Labute approximate surface area is 136 Å². The molecule has 1 heterocycles. The summed E-state index contributed by atoms with van der Waals surface area (Å²) in [7, 11) is 0. The summed E-state index contributed by atoms with van der Waals surface area (Å²) in [5, 5.41) is 8.66. The molecular formula is C15H16BrNO3S. The van der Waals surface area contributed by atoms with Crippen LogP contribution in [0.2, 0.25) is 0 Å². The first-order valence-corrected chi connectivity index (χ1v) is 8.36. The lowest BCUT2D eigenvalue weighted by Crippen LogP contribution is -2.35. The van der Waals surface area contributed by atoms with Crippen molar-refractivity contribution in [1.82, 2.24) is 0 Å². The van der Waals surface area contributed by atoms with E-state index in [0.29, 0.717) is 18.7 Å². The molecule has 21 heavy (non-hydrogen) atoms. The van der Waals surface area contributed by atoms with Crippen LogP contribution in [-0.2, 0) is 16.0 Å². The van der Waals surface area contributed by atoms with E-state index in [1.807, 2.05) is 12.1 Å². The molecule has 0 spiro atoms. The molecule has 0 saturated carbocycles. The molecule has 1 amide bonds. The highest BCUT2D eigenvalue weighted by molar-refractivity contribution is 9.11. The summed E-state index contributed by atoms with van der Waals surface area (Å²) >= 11 is 4.83. The van der Waals surface area contributed by atoms with Crippen molar-refractivity contribution in [3.8, 4) is 0 Å². The molecule has 4 nitrogen and oxygen atoms in total. The highest BCUT2D eigenvalue weighted by Gasteiger charge is 2.24. The van der Waals surface area contributed by atoms with E-state index in [2.05, 4.69) is 28.6 Å². The number of carbonyl (C=O) groups is 2. The van der Waals surface area contributed by atoms with Crippen molar-refractivity contribution < 1.29 is 14.7 Å². The summed E-state index contributed by atoms with van der Waals surface area (Å²) in [5.41, 5.74) is 2.05. The quantitative estimate of drug-likeness (QED) is 0.780. The standard InChI is InChI=1S/C15H16BrNO3S/c1-10(16)9-17-13-4-3-12(21-7-6-15(19)20)8-11(13)2-5-14(17)18/h3-4,8H,1-2,5-7,9H2,(H,19,20). The van der Waals surface area contributed by atoms with Crippen LogP contribution in [0.4, 0.5) is 5.69 Å². The molecule has 1 aromatic carbocycles. The van der Waals surface area contributed by atoms with Gasteiger partial charge < -0.3 is 10.0 Å². The maximum Gasteiger partial charge on any atom is 0.304 e.